The number of hydrogen-bond acceptors (Lipinski definition) is 1. The first-order valence-electron chi connectivity index (χ1n) is 5.95. The molecule has 0 fully saturated rings. The van der Waals surface area contributed by atoms with E-state index < -0.39 is 17.0 Å². The molecule has 5 heteroatoms. The molecule has 0 aliphatic heterocycles. The van der Waals surface area contributed by atoms with Crippen LogP contribution in [0.5, 0.6) is 0 Å². The summed E-state index contributed by atoms with van der Waals surface area (Å²) >= 11 is -0.556. The van der Waals surface area contributed by atoms with Crippen molar-refractivity contribution in [3.8, 4) is 0 Å². The maximum absolute atomic E-state index is 7.88. The molecule has 100 valence electrons. The Morgan fingerprint density at radius 2 is 1.25 bits per heavy atom. The van der Waals surface area contributed by atoms with Gasteiger partial charge in [-0.25, -0.2) is 0 Å². The first-order chi connectivity index (χ1) is 7.74. The Balaban J connectivity index is -0.000000201. The van der Waals surface area contributed by atoms with Gasteiger partial charge >= 0.3 is 35.6 Å². The average molecular weight is 307 g/mol. The Hall–Kier alpha value is 1.21. The van der Waals surface area contributed by atoms with E-state index in [1.54, 1.807) is 0 Å². The molecule has 1 N–H and O–H groups in total. The summed E-state index contributed by atoms with van der Waals surface area (Å²) in [6.45, 7) is 8.82. The van der Waals surface area contributed by atoms with Crippen LogP contribution in [0, 0.1) is 0 Å². The molecule has 0 aliphatic carbocycles. The molecule has 0 spiro atoms. The molecule has 0 unspecified atom stereocenters. The molecule has 0 bridgehead atoms. The van der Waals surface area contributed by atoms with E-state index in [0.717, 1.165) is 19.5 Å². The summed E-state index contributed by atoms with van der Waals surface area (Å²) in [6, 6.07) is 0. The number of halogens is 2. The van der Waals surface area contributed by atoms with Crippen molar-refractivity contribution < 1.29 is 22.1 Å². The van der Waals surface area contributed by atoms with Crippen LogP contribution in [0.25, 0.3) is 5.32 Å². The van der Waals surface area contributed by atoms with Crippen molar-refractivity contribution in [2.45, 2.75) is 52.9 Å². The SMILES string of the molecule is CCCC[N-]CCCC.CCCO.[Cl][Ti][Cl]. The molecule has 0 aliphatic rings. The topological polar surface area (TPSA) is 34.3 Å². The predicted molar refractivity (Wildman–Crippen MR) is 72.0 cm³/mol. The van der Waals surface area contributed by atoms with E-state index in [9.17, 15) is 0 Å². The third kappa shape index (κ3) is 45.6. The standard InChI is InChI=1S/C8H18N.C3H8O.2ClH.Ti/c1-3-5-7-9-8-6-4-2;1-2-3-4;;;/h3-8H2,1-2H3;4H,2-3H2,1H3;2*1H;/q-1;;;;+2/p-2. The van der Waals surface area contributed by atoms with E-state index in [2.05, 4.69) is 19.2 Å². The van der Waals surface area contributed by atoms with Crippen LogP contribution in [0.2, 0.25) is 0 Å². The summed E-state index contributed by atoms with van der Waals surface area (Å²) in [6.07, 6.45) is 5.96. The van der Waals surface area contributed by atoms with Crippen LogP contribution < -0.4 is 0 Å². The minimum atomic E-state index is -0.556. The van der Waals surface area contributed by atoms with Crippen LogP contribution >= 0.6 is 18.6 Å². The Kier molecular flexibility index (Phi) is 41.8. The average Bonchev–Trinajstić information content (AvgIpc) is 2.30. The fraction of sp³-hybridized carbons (Fsp3) is 1.00. The molecule has 0 rings (SSSR count). The van der Waals surface area contributed by atoms with Crippen molar-refractivity contribution in [1.82, 2.24) is 0 Å². The van der Waals surface area contributed by atoms with E-state index >= 15 is 0 Å². The van der Waals surface area contributed by atoms with Gasteiger partial charge < -0.3 is 10.4 Å². The van der Waals surface area contributed by atoms with Crippen molar-refractivity contribution >= 4 is 18.6 Å². The number of rotatable bonds is 7. The zero-order chi connectivity index (χ0) is 13.1. The Morgan fingerprint density at radius 1 is 0.938 bits per heavy atom. The summed E-state index contributed by atoms with van der Waals surface area (Å²) in [5.74, 6) is 0. The van der Waals surface area contributed by atoms with Crippen molar-refractivity contribution in [1.29, 1.82) is 0 Å². The van der Waals surface area contributed by atoms with Gasteiger partial charge in [-0.05, 0) is 6.42 Å². The van der Waals surface area contributed by atoms with Gasteiger partial charge in [-0.3, -0.25) is 0 Å². The normalized spacial score (nSPS) is 8.38. The first kappa shape index (κ1) is 22.4. The molecule has 0 saturated heterocycles. The number of nitrogens with zero attached hydrogens (tertiary/aromatic N) is 1. The van der Waals surface area contributed by atoms with Crippen molar-refractivity contribution in [3.63, 3.8) is 0 Å². The molecule has 0 atom stereocenters. The van der Waals surface area contributed by atoms with Gasteiger partial charge in [0.15, 0.2) is 0 Å². The summed E-state index contributed by atoms with van der Waals surface area (Å²) < 4.78 is 0. The second kappa shape index (κ2) is 29.8. The molecule has 0 amide bonds. The summed E-state index contributed by atoms with van der Waals surface area (Å²) in [4.78, 5) is 0. The Bertz CT molecular complexity index is 82.4. The fourth-order valence-corrected chi connectivity index (χ4v) is 0.652. The second-order valence-electron chi connectivity index (χ2n) is 3.17. The van der Waals surface area contributed by atoms with Crippen molar-refractivity contribution in [3.05, 3.63) is 5.32 Å². The number of aliphatic hydroxyl groups excluding tert-OH is 1. The van der Waals surface area contributed by atoms with E-state index in [-0.39, 0.29) is 0 Å². The van der Waals surface area contributed by atoms with E-state index in [4.69, 9.17) is 23.7 Å². The van der Waals surface area contributed by atoms with Crippen LogP contribution in [0.1, 0.15) is 52.9 Å². The van der Waals surface area contributed by atoms with Gasteiger partial charge in [0.2, 0.25) is 0 Å². The monoisotopic (exact) mass is 306 g/mol. The van der Waals surface area contributed by atoms with Gasteiger partial charge in [0.25, 0.3) is 0 Å². The van der Waals surface area contributed by atoms with E-state index in [1.807, 2.05) is 6.92 Å². The predicted octanol–water partition coefficient (Wildman–Crippen LogP) is 4.73. The summed E-state index contributed by atoms with van der Waals surface area (Å²) in [7, 11) is 9.78. The third-order valence-electron chi connectivity index (χ3n) is 1.56. The van der Waals surface area contributed by atoms with Gasteiger partial charge in [-0.1, -0.05) is 46.5 Å². The Morgan fingerprint density at radius 3 is 1.44 bits per heavy atom. The number of aliphatic hydroxyl groups is 1. The maximum atomic E-state index is 7.88. The zero-order valence-corrected chi connectivity index (χ0v) is 13.9. The quantitative estimate of drug-likeness (QED) is 0.535. The number of hydrogen-bond donors (Lipinski definition) is 1. The van der Waals surface area contributed by atoms with Crippen LogP contribution in [0.4, 0.5) is 0 Å². The third-order valence-corrected chi connectivity index (χ3v) is 1.56. The molecule has 0 aromatic carbocycles. The van der Waals surface area contributed by atoms with E-state index in [1.165, 1.54) is 25.7 Å². The van der Waals surface area contributed by atoms with Gasteiger partial charge in [0, 0.05) is 6.61 Å². The van der Waals surface area contributed by atoms with Gasteiger partial charge in [0.1, 0.15) is 0 Å². The fourth-order valence-electron chi connectivity index (χ4n) is 0.652. The van der Waals surface area contributed by atoms with Gasteiger partial charge in [0.05, 0.1) is 0 Å². The minimum absolute atomic E-state index is 0.319. The molecule has 0 radical (unpaired) electrons. The van der Waals surface area contributed by atoms with Crippen LogP contribution in [-0.4, -0.2) is 24.8 Å². The molecule has 16 heavy (non-hydrogen) atoms. The summed E-state index contributed by atoms with van der Waals surface area (Å²) in [5.41, 5.74) is 0. The zero-order valence-electron chi connectivity index (χ0n) is 10.8. The molecule has 0 heterocycles. The molecule has 0 saturated carbocycles. The molecule has 0 aromatic heterocycles. The first-order valence-corrected chi connectivity index (χ1v) is 10.2. The molecular formula is C11H26Cl2NOTi-. The Labute approximate surface area is 118 Å². The molecule has 2 nitrogen and oxygen atoms in total. The van der Waals surface area contributed by atoms with Crippen molar-refractivity contribution in [2.24, 2.45) is 0 Å². The van der Waals surface area contributed by atoms with Crippen LogP contribution in [-0.2, 0) is 17.0 Å². The van der Waals surface area contributed by atoms with Crippen LogP contribution in [0.3, 0.4) is 0 Å². The number of unbranched alkanes of at least 4 members (excludes halogenated alkanes) is 2. The van der Waals surface area contributed by atoms with E-state index in [0.29, 0.717) is 6.61 Å². The van der Waals surface area contributed by atoms with Crippen molar-refractivity contribution in [2.75, 3.05) is 19.7 Å². The molecular weight excluding hydrogens is 281 g/mol. The van der Waals surface area contributed by atoms with Gasteiger partial charge in [-0.2, -0.15) is 0 Å². The summed E-state index contributed by atoms with van der Waals surface area (Å²) in [5, 5.41) is 12.2. The second-order valence-corrected chi connectivity index (χ2v) is 5.75. The van der Waals surface area contributed by atoms with Gasteiger partial charge in [-0.15, -0.1) is 13.1 Å². The van der Waals surface area contributed by atoms with Crippen LogP contribution in [0.15, 0.2) is 0 Å². The molecule has 0 aromatic rings.